The first kappa shape index (κ1) is 30.9. The van der Waals surface area contributed by atoms with Crippen molar-refractivity contribution in [2.75, 3.05) is 26.3 Å². The number of carbonyl (C=O) groups excluding carboxylic acids is 2. The second kappa shape index (κ2) is 10.9. The molecule has 0 aromatic rings. The summed E-state index contributed by atoms with van der Waals surface area (Å²) in [7, 11) is 0. The van der Waals surface area contributed by atoms with Crippen molar-refractivity contribution < 1.29 is 29.3 Å². The predicted molar refractivity (Wildman–Crippen MR) is 168 cm³/mol. The molecule has 44 heavy (non-hydrogen) atoms. The van der Waals surface area contributed by atoms with Gasteiger partial charge in [0.05, 0.1) is 37.5 Å². The molecule has 1 heterocycles. The van der Waals surface area contributed by atoms with Gasteiger partial charge in [-0.3, -0.25) is 4.79 Å². The lowest BCUT2D eigenvalue weighted by Gasteiger charge is -2.71. The fourth-order valence-electron chi connectivity index (χ4n) is 12.0. The number of hydrogen-bond acceptors (Lipinski definition) is 6. The van der Waals surface area contributed by atoms with Gasteiger partial charge >= 0.3 is 6.09 Å². The first-order chi connectivity index (χ1) is 21.0. The van der Waals surface area contributed by atoms with Gasteiger partial charge in [-0.15, -0.1) is 0 Å². The highest BCUT2D eigenvalue weighted by molar-refractivity contribution is 6.00. The molecule has 8 aliphatic rings. The van der Waals surface area contributed by atoms with Crippen LogP contribution in [0.2, 0.25) is 0 Å². The van der Waals surface area contributed by atoms with Crippen molar-refractivity contribution in [1.29, 1.82) is 0 Å². The van der Waals surface area contributed by atoms with Gasteiger partial charge in [-0.05, 0) is 94.8 Å². The van der Waals surface area contributed by atoms with E-state index in [4.69, 9.17) is 9.47 Å². The molecule has 7 heteroatoms. The van der Waals surface area contributed by atoms with E-state index in [-0.39, 0.29) is 47.5 Å². The summed E-state index contributed by atoms with van der Waals surface area (Å²) in [5.41, 5.74) is -1.30. The normalized spacial score (nSPS) is 46.2. The number of ether oxygens (including phenoxy) is 2. The molecule has 7 aliphatic carbocycles. The van der Waals surface area contributed by atoms with Gasteiger partial charge < -0.3 is 24.6 Å². The molecule has 0 radical (unpaired) electrons. The summed E-state index contributed by atoms with van der Waals surface area (Å²) in [6.07, 6.45) is 19.4. The lowest BCUT2D eigenvalue weighted by atomic mass is 9.32. The molecule has 0 aromatic heterocycles. The van der Waals surface area contributed by atoms with Gasteiger partial charge in [0.25, 0.3) is 0 Å². The van der Waals surface area contributed by atoms with Crippen LogP contribution in [0.4, 0.5) is 4.79 Å². The zero-order chi connectivity index (χ0) is 31.0. The number of aliphatic hydroxyl groups excluding tert-OH is 1. The average molecular weight is 610 g/mol. The molecule has 0 aromatic carbocycles. The first-order valence-corrected chi connectivity index (χ1v) is 17.9. The van der Waals surface area contributed by atoms with E-state index in [2.05, 4.69) is 32.1 Å². The first-order valence-electron chi connectivity index (χ1n) is 17.9. The van der Waals surface area contributed by atoms with Crippen molar-refractivity contribution in [3.63, 3.8) is 0 Å². The molecule has 1 aliphatic heterocycles. The number of amides is 1. The third-order valence-electron chi connectivity index (χ3n) is 14.4. The monoisotopic (exact) mass is 609 g/mol. The van der Waals surface area contributed by atoms with Crippen molar-refractivity contribution in [1.82, 2.24) is 4.90 Å². The number of ketones is 1. The van der Waals surface area contributed by atoms with Crippen LogP contribution in [-0.2, 0) is 14.3 Å². The van der Waals surface area contributed by atoms with Crippen LogP contribution in [-0.4, -0.2) is 71.1 Å². The van der Waals surface area contributed by atoms with E-state index in [0.717, 1.165) is 76.2 Å². The molecule has 2 spiro atoms. The fourth-order valence-corrected chi connectivity index (χ4v) is 12.0. The van der Waals surface area contributed by atoms with Gasteiger partial charge in [-0.25, -0.2) is 4.79 Å². The highest BCUT2D eigenvalue weighted by Crippen LogP contribution is 2.78. The summed E-state index contributed by atoms with van der Waals surface area (Å²) in [5.74, 6) is 0.816. The number of hydrogen-bond donors (Lipinski definition) is 2. The molecule has 8 rings (SSSR count). The van der Waals surface area contributed by atoms with Crippen LogP contribution >= 0.6 is 0 Å². The minimum Gasteiger partial charge on any atom is -0.450 e. The van der Waals surface area contributed by atoms with Crippen LogP contribution < -0.4 is 0 Å². The summed E-state index contributed by atoms with van der Waals surface area (Å²) >= 11 is 0. The summed E-state index contributed by atoms with van der Waals surface area (Å²) in [4.78, 5) is 29.7. The molecular formula is C37H55NO6. The standard InChI is InChI=1S/C37H55NO6/c1-4-43-32(41)38(23-27-11-8-20-44-27)24-36(42)17-14-30-34(36,3)16-13-29-33(2)15-12-26(39)21-35(33)18-19-37(29,30)28(22-35)31(40)25-9-6-5-7-10-25/h18-19,22,25-27,29-30,39,42H,4-17,20-21,23-24H2,1-3H3/t26?,27-,29-,30-,33-,34+,35+,36-,37-/m1/s1. The number of allylic oxidation sites excluding steroid dienone is 4. The zero-order valence-electron chi connectivity index (χ0n) is 27.3. The number of aliphatic hydroxyl groups is 2. The zero-order valence-corrected chi connectivity index (χ0v) is 27.3. The Hall–Kier alpha value is -1.70. The summed E-state index contributed by atoms with van der Waals surface area (Å²) in [6.45, 7) is 8.18. The lowest BCUT2D eigenvalue weighted by Crippen LogP contribution is -2.67. The van der Waals surface area contributed by atoms with Gasteiger partial charge in [0.1, 0.15) is 0 Å². The van der Waals surface area contributed by atoms with Crippen LogP contribution in [0.15, 0.2) is 23.8 Å². The predicted octanol–water partition coefficient (Wildman–Crippen LogP) is 6.36. The Morgan fingerprint density at radius 2 is 1.68 bits per heavy atom. The Morgan fingerprint density at radius 1 is 0.955 bits per heavy atom. The molecule has 1 amide bonds. The van der Waals surface area contributed by atoms with Crippen molar-refractivity contribution in [3.05, 3.63) is 23.8 Å². The second-order valence-electron chi connectivity index (χ2n) is 16.2. The van der Waals surface area contributed by atoms with E-state index >= 15 is 0 Å². The Bertz CT molecular complexity index is 1220. The number of Topliss-reactive ketones (excluding diaryl/α,β-unsaturated/α-hetero) is 1. The smallest absolute Gasteiger partial charge is 0.409 e. The molecule has 5 fully saturated rings. The van der Waals surface area contributed by atoms with Crippen LogP contribution in [0, 0.1) is 39.4 Å². The SMILES string of the molecule is CCOC(=O)N(C[C@H]1CCCO1)C[C@]1(O)CC[C@H]2[C@]34C=C[C@@]5(C=C3C(=O)C3CCCCC3)CC(O)CC[C@]5(C)[C@H]4CC[C@@]21C. The Labute approximate surface area is 263 Å². The molecule has 2 bridgehead atoms. The summed E-state index contributed by atoms with van der Waals surface area (Å²) in [6, 6.07) is 0. The molecule has 4 saturated carbocycles. The fraction of sp³-hybridized carbons (Fsp3) is 0.838. The lowest BCUT2D eigenvalue weighted by molar-refractivity contribution is -0.179. The minimum absolute atomic E-state index is 0.0284. The van der Waals surface area contributed by atoms with Crippen LogP contribution in [0.25, 0.3) is 0 Å². The van der Waals surface area contributed by atoms with Gasteiger partial charge in [0, 0.05) is 34.3 Å². The quantitative estimate of drug-likeness (QED) is 0.326. The van der Waals surface area contributed by atoms with Gasteiger partial charge in [-0.1, -0.05) is 51.3 Å². The Kier molecular flexibility index (Phi) is 7.69. The second-order valence-corrected chi connectivity index (χ2v) is 16.2. The maximum absolute atomic E-state index is 14.7. The van der Waals surface area contributed by atoms with Crippen molar-refractivity contribution in [2.24, 2.45) is 39.4 Å². The minimum atomic E-state index is -1.09. The van der Waals surface area contributed by atoms with E-state index in [1.165, 1.54) is 6.42 Å². The molecule has 9 atom stereocenters. The topological polar surface area (TPSA) is 96.3 Å². The number of rotatable bonds is 7. The van der Waals surface area contributed by atoms with Crippen LogP contribution in [0.1, 0.15) is 111 Å². The van der Waals surface area contributed by atoms with Crippen molar-refractivity contribution >= 4 is 11.9 Å². The maximum Gasteiger partial charge on any atom is 0.409 e. The number of nitrogens with zero attached hydrogens (tertiary/aromatic N) is 1. The van der Waals surface area contributed by atoms with E-state index in [0.29, 0.717) is 44.3 Å². The van der Waals surface area contributed by atoms with E-state index in [1.807, 2.05) is 6.92 Å². The highest BCUT2D eigenvalue weighted by Gasteiger charge is 2.74. The van der Waals surface area contributed by atoms with Gasteiger partial charge in [-0.2, -0.15) is 0 Å². The van der Waals surface area contributed by atoms with Crippen LogP contribution in [0.5, 0.6) is 0 Å². The van der Waals surface area contributed by atoms with E-state index < -0.39 is 16.4 Å². The molecule has 1 unspecified atom stereocenters. The van der Waals surface area contributed by atoms with E-state index in [9.17, 15) is 19.8 Å². The maximum atomic E-state index is 14.7. The summed E-state index contributed by atoms with van der Waals surface area (Å²) < 4.78 is 11.4. The van der Waals surface area contributed by atoms with Gasteiger partial charge in [0.2, 0.25) is 0 Å². The Balaban J connectivity index is 1.28. The molecule has 244 valence electrons. The highest BCUT2D eigenvalue weighted by atomic mass is 16.6. The largest absolute Gasteiger partial charge is 0.450 e. The third kappa shape index (κ3) is 4.30. The molecule has 7 nitrogen and oxygen atoms in total. The van der Waals surface area contributed by atoms with Gasteiger partial charge in [0.15, 0.2) is 5.78 Å². The number of fused-ring (bicyclic) bond motifs is 1. The molecule has 1 saturated heterocycles. The number of carbonyl (C=O) groups is 2. The van der Waals surface area contributed by atoms with Crippen molar-refractivity contribution in [2.45, 2.75) is 128 Å². The Morgan fingerprint density at radius 3 is 2.41 bits per heavy atom. The van der Waals surface area contributed by atoms with Crippen molar-refractivity contribution in [3.8, 4) is 0 Å². The average Bonchev–Trinajstić information content (AvgIpc) is 3.62. The van der Waals surface area contributed by atoms with E-state index in [1.54, 1.807) is 4.90 Å². The molecular weight excluding hydrogens is 554 g/mol. The third-order valence-corrected chi connectivity index (χ3v) is 14.4. The van der Waals surface area contributed by atoms with Crippen LogP contribution in [0.3, 0.4) is 0 Å². The molecule has 2 N–H and O–H groups in total. The summed E-state index contributed by atoms with van der Waals surface area (Å²) in [5, 5.41) is 23.7.